The molecule has 0 amide bonds. The molecule has 6 nitrogen and oxygen atoms in total. The van der Waals surface area contributed by atoms with Crippen molar-refractivity contribution in [1.82, 2.24) is 20.0 Å². The van der Waals surface area contributed by atoms with Crippen LogP contribution < -0.4 is 5.32 Å². The van der Waals surface area contributed by atoms with Crippen LogP contribution in [0.3, 0.4) is 0 Å². The Bertz CT molecular complexity index is 694. The van der Waals surface area contributed by atoms with Gasteiger partial charge < -0.3 is 15.0 Å². The van der Waals surface area contributed by atoms with Crippen molar-refractivity contribution < 1.29 is 4.74 Å². The predicted octanol–water partition coefficient (Wildman–Crippen LogP) is 2.37. The van der Waals surface area contributed by atoms with Crippen molar-refractivity contribution in [2.24, 2.45) is 10.9 Å². The van der Waals surface area contributed by atoms with Gasteiger partial charge in [-0.15, -0.1) is 0 Å². The molecule has 1 heterocycles. The van der Waals surface area contributed by atoms with Crippen LogP contribution in [0.1, 0.15) is 24.0 Å². The van der Waals surface area contributed by atoms with Crippen molar-refractivity contribution in [2.75, 3.05) is 33.9 Å². The number of ether oxygens (including phenoxy) is 1. The normalized spacial score (nSPS) is 14.5. The van der Waals surface area contributed by atoms with Gasteiger partial charge in [-0.1, -0.05) is 24.3 Å². The Labute approximate surface area is 155 Å². The van der Waals surface area contributed by atoms with Crippen molar-refractivity contribution >= 4 is 5.96 Å². The Morgan fingerprint density at radius 3 is 2.92 bits per heavy atom. The summed E-state index contributed by atoms with van der Waals surface area (Å²) in [5.41, 5.74) is 2.47. The van der Waals surface area contributed by atoms with E-state index in [1.807, 2.05) is 31.0 Å². The van der Waals surface area contributed by atoms with E-state index in [2.05, 4.69) is 44.6 Å². The summed E-state index contributed by atoms with van der Waals surface area (Å²) in [4.78, 5) is 6.49. The Kier molecular flexibility index (Phi) is 6.66. The van der Waals surface area contributed by atoms with E-state index in [0.717, 1.165) is 44.7 Å². The third-order valence-corrected chi connectivity index (χ3v) is 4.54. The topological polar surface area (TPSA) is 54.7 Å². The Balaban J connectivity index is 1.45. The standard InChI is InChI=1S/C20H29N5O/c1-21-20(24(2)11-12-26-16-17-7-8-17)22-14-18-5-3-6-19(13-18)15-25-10-4-9-23-25/h3-6,9-10,13,17H,7-8,11-12,14-16H2,1-2H3,(H,21,22). The molecule has 6 heteroatoms. The molecule has 3 rings (SSSR count). The molecule has 0 radical (unpaired) electrons. The number of hydrogen-bond acceptors (Lipinski definition) is 3. The van der Waals surface area contributed by atoms with Crippen LogP contribution in [-0.2, 0) is 17.8 Å². The van der Waals surface area contributed by atoms with Gasteiger partial charge in [0.1, 0.15) is 0 Å². The minimum absolute atomic E-state index is 0.743. The Morgan fingerprint density at radius 2 is 2.19 bits per heavy atom. The molecule has 1 fully saturated rings. The molecule has 0 bridgehead atoms. The minimum atomic E-state index is 0.743. The molecule has 1 aliphatic carbocycles. The molecular formula is C20H29N5O. The molecule has 1 aromatic carbocycles. The zero-order valence-corrected chi connectivity index (χ0v) is 15.8. The van der Waals surface area contributed by atoms with Gasteiger partial charge in [0.25, 0.3) is 0 Å². The molecule has 0 aliphatic heterocycles. The van der Waals surface area contributed by atoms with Gasteiger partial charge in [0.15, 0.2) is 5.96 Å². The maximum atomic E-state index is 5.72. The highest BCUT2D eigenvalue weighted by Crippen LogP contribution is 2.28. The van der Waals surface area contributed by atoms with Crippen molar-refractivity contribution in [3.05, 3.63) is 53.9 Å². The maximum absolute atomic E-state index is 5.72. The molecule has 0 atom stereocenters. The smallest absolute Gasteiger partial charge is 0.193 e. The monoisotopic (exact) mass is 355 g/mol. The van der Waals surface area contributed by atoms with Crippen LogP contribution in [0.25, 0.3) is 0 Å². The molecule has 2 aromatic rings. The first-order valence-electron chi connectivity index (χ1n) is 9.29. The highest BCUT2D eigenvalue weighted by atomic mass is 16.5. The Hall–Kier alpha value is -2.34. The highest BCUT2D eigenvalue weighted by Gasteiger charge is 2.21. The molecule has 1 saturated carbocycles. The van der Waals surface area contributed by atoms with E-state index in [4.69, 9.17) is 4.74 Å². The first-order valence-corrected chi connectivity index (χ1v) is 9.29. The summed E-state index contributed by atoms with van der Waals surface area (Å²) in [6, 6.07) is 10.5. The van der Waals surface area contributed by atoms with Gasteiger partial charge >= 0.3 is 0 Å². The van der Waals surface area contributed by atoms with E-state index in [0.29, 0.717) is 0 Å². The van der Waals surface area contributed by atoms with Crippen LogP contribution >= 0.6 is 0 Å². The molecular weight excluding hydrogens is 326 g/mol. The number of rotatable bonds is 9. The zero-order chi connectivity index (χ0) is 18.2. The molecule has 140 valence electrons. The average Bonchev–Trinajstić information content (AvgIpc) is 3.34. The Morgan fingerprint density at radius 1 is 1.35 bits per heavy atom. The first kappa shape index (κ1) is 18.5. The molecule has 26 heavy (non-hydrogen) atoms. The number of benzene rings is 1. The fourth-order valence-electron chi connectivity index (χ4n) is 2.83. The number of likely N-dealkylation sites (N-methyl/N-ethyl adjacent to an activating group) is 1. The summed E-state index contributed by atoms with van der Waals surface area (Å²) >= 11 is 0. The quantitative estimate of drug-likeness (QED) is 0.426. The van der Waals surface area contributed by atoms with Crippen molar-refractivity contribution in [2.45, 2.75) is 25.9 Å². The van der Waals surface area contributed by atoms with E-state index in [9.17, 15) is 0 Å². The molecule has 1 aromatic heterocycles. The summed E-state index contributed by atoms with van der Waals surface area (Å²) in [6.45, 7) is 4.02. The SMILES string of the molecule is CN=C(NCc1cccc(Cn2cccn2)c1)N(C)CCOCC1CC1. The lowest BCUT2D eigenvalue weighted by atomic mass is 10.1. The number of aliphatic imine (C=N–C) groups is 1. The number of guanidine groups is 1. The lowest BCUT2D eigenvalue weighted by Crippen LogP contribution is -2.40. The van der Waals surface area contributed by atoms with Crippen LogP contribution in [0.5, 0.6) is 0 Å². The van der Waals surface area contributed by atoms with Gasteiger partial charge in [0.2, 0.25) is 0 Å². The van der Waals surface area contributed by atoms with Gasteiger partial charge in [-0.25, -0.2) is 0 Å². The van der Waals surface area contributed by atoms with Gasteiger partial charge in [-0.2, -0.15) is 5.10 Å². The summed E-state index contributed by atoms with van der Waals surface area (Å²) < 4.78 is 7.65. The third-order valence-electron chi connectivity index (χ3n) is 4.54. The number of nitrogens with one attached hydrogen (secondary N) is 1. The number of aromatic nitrogens is 2. The van der Waals surface area contributed by atoms with E-state index >= 15 is 0 Å². The van der Waals surface area contributed by atoms with Crippen molar-refractivity contribution in [3.8, 4) is 0 Å². The molecule has 0 spiro atoms. The van der Waals surface area contributed by atoms with E-state index in [1.54, 1.807) is 6.20 Å². The maximum Gasteiger partial charge on any atom is 0.193 e. The second-order valence-corrected chi connectivity index (χ2v) is 6.86. The van der Waals surface area contributed by atoms with E-state index in [1.165, 1.54) is 24.0 Å². The van der Waals surface area contributed by atoms with Crippen LogP contribution in [-0.4, -0.2) is 54.5 Å². The predicted molar refractivity (Wildman–Crippen MR) is 104 cm³/mol. The molecule has 0 saturated heterocycles. The third kappa shape index (κ3) is 5.88. The molecule has 0 unspecified atom stereocenters. The summed E-state index contributed by atoms with van der Waals surface area (Å²) in [6.07, 6.45) is 6.45. The van der Waals surface area contributed by atoms with E-state index in [-0.39, 0.29) is 0 Å². The van der Waals surface area contributed by atoms with Gasteiger partial charge in [-0.05, 0) is 36.0 Å². The second kappa shape index (κ2) is 9.38. The highest BCUT2D eigenvalue weighted by molar-refractivity contribution is 5.79. The zero-order valence-electron chi connectivity index (χ0n) is 15.8. The van der Waals surface area contributed by atoms with Gasteiger partial charge in [0.05, 0.1) is 13.2 Å². The summed E-state index contributed by atoms with van der Waals surface area (Å²) in [7, 11) is 3.86. The second-order valence-electron chi connectivity index (χ2n) is 6.86. The summed E-state index contributed by atoms with van der Waals surface area (Å²) in [5.74, 6) is 1.70. The lowest BCUT2D eigenvalue weighted by Gasteiger charge is -2.22. The number of hydrogen-bond donors (Lipinski definition) is 1. The van der Waals surface area contributed by atoms with Crippen LogP contribution in [0.2, 0.25) is 0 Å². The average molecular weight is 355 g/mol. The number of nitrogens with zero attached hydrogens (tertiary/aromatic N) is 4. The fourth-order valence-corrected chi connectivity index (χ4v) is 2.83. The van der Waals surface area contributed by atoms with Crippen LogP contribution in [0.4, 0.5) is 0 Å². The molecule has 1 N–H and O–H groups in total. The van der Waals surface area contributed by atoms with E-state index < -0.39 is 0 Å². The van der Waals surface area contributed by atoms with Crippen LogP contribution in [0, 0.1) is 5.92 Å². The molecule has 1 aliphatic rings. The van der Waals surface area contributed by atoms with Gasteiger partial charge in [-0.3, -0.25) is 9.67 Å². The van der Waals surface area contributed by atoms with Crippen LogP contribution in [0.15, 0.2) is 47.7 Å². The largest absolute Gasteiger partial charge is 0.379 e. The van der Waals surface area contributed by atoms with Crippen molar-refractivity contribution in [3.63, 3.8) is 0 Å². The first-order chi connectivity index (χ1) is 12.7. The van der Waals surface area contributed by atoms with Gasteiger partial charge in [0, 0.05) is 46.2 Å². The minimum Gasteiger partial charge on any atom is -0.379 e. The summed E-state index contributed by atoms with van der Waals surface area (Å²) in [5, 5.41) is 7.70. The lowest BCUT2D eigenvalue weighted by molar-refractivity contribution is 0.115. The van der Waals surface area contributed by atoms with Crippen molar-refractivity contribution in [1.29, 1.82) is 0 Å². The fraction of sp³-hybridized carbons (Fsp3) is 0.500.